The number of hydrogen-bond acceptors (Lipinski definition) is 8. The number of fused-ring (bicyclic) bond motifs is 1. The number of carbonyl (C=O) groups is 1. The third kappa shape index (κ3) is 5.39. The third-order valence-corrected chi connectivity index (χ3v) is 7.00. The maximum atomic E-state index is 12.2. The van der Waals surface area contributed by atoms with Gasteiger partial charge in [0.05, 0.1) is 26.2 Å². The Labute approximate surface area is 182 Å². The molecule has 0 aromatic heterocycles. The van der Waals surface area contributed by atoms with E-state index < -0.39 is 0 Å². The lowest BCUT2D eigenvalue weighted by Gasteiger charge is -2.43. The standard InChI is InChI=1S/C21H31N3O5S/c1-23-12-15(13-23)24(30-17-6-4-16(26-2)5-7-17)10-3-9-22-21(25)29-19-14-28-20-18(19)8-11-27-20/h4-7,15,18-20H,3,8-14H2,1-2H3,(H,22,25)/t18-,19-,20+/m1/s1. The molecule has 1 aromatic carbocycles. The summed E-state index contributed by atoms with van der Waals surface area (Å²) in [4.78, 5) is 15.7. The lowest BCUT2D eigenvalue weighted by molar-refractivity contribution is -0.0907. The number of hydrogen-bond donors (Lipinski definition) is 1. The van der Waals surface area contributed by atoms with E-state index in [-0.39, 0.29) is 24.4 Å². The van der Waals surface area contributed by atoms with Crippen LogP contribution in [0.3, 0.4) is 0 Å². The van der Waals surface area contributed by atoms with Gasteiger partial charge in [-0.25, -0.2) is 9.10 Å². The van der Waals surface area contributed by atoms with Gasteiger partial charge in [-0.2, -0.15) is 0 Å². The molecule has 0 spiro atoms. The molecule has 3 saturated heterocycles. The number of methoxy groups -OCH3 is 1. The molecule has 0 saturated carbocycles. The number of amides is 1. The molecule has 3 aliphatic rings. The molecular weight excluding hydrogens is 406 g/mol. The van der Waals surface area contributed by atoms with E-state index in [1.165, 1.54) is 4.90 Å². The molecule has 3 aliphatic heterocycles. The molecule has 3 atom stereocenters. The predicted octanol–water partition coefficient (Wildman–Crippen LogP) is 2.20. The van der Waals surface area contributed by atoms with E-state index in [9.17, 15) is 4.79 Å². The van der Waals surface area contributed by atoms with Crippen molar-refractivity contribution >= 4 is 18.0 Å². The average Bonchev–Trinajstić information content (AvgIpc) is 3.34. The highest BCUT2D eigenvalue weighted by Crippen LogP contribution is 2.33. The van der Waals surface area contributed by atoms with Crippen molar-refractivity contribution in [2.24, 2.45) is 5.92 Å². The van der Waals surface area contributed by atoms with Crippen LogP contribution < -0.4 is 10.1 Å². The highest BCUT2D eigenvalue weighted by molar-refractivity contribution is 7.97. The number of nitrogens with one attached hydrogen (secondary N) is 1. The largest absolute Gasteiger partial charge is 0.497 e. The summed E-state index contributed by atoms with van der Waals surface area (Å²) >= 11 is 1.77. The number of ether oxygens (including phenoxy) is 4. The van der Waals surface area contributed by atoms with Crippen molar-refractivity contribution in [3.8, 4) is 5.75 Å². The summed E-state index contributed by atoms with van der Waals surface area (Å²) in [6.45, 7) is 4.69. The van der Waals surface area contributed by atoms with E-state index >= 15 is 0 Å². The summed E-state index contributed by atoms with van der Waals surface area (Å²) < 4.78 is 24.2. The topological polar surface area (TPSA) is 72.5 Å². The Morgan fingerprint density at radius 2 is 2.10 bits per heavy atom. The minimum Gasteiger partial charge on any atom is -0.497 e. The van der Waals surface area contributed by atoms with Crippen LogP contribution in [0, 0.1) is 5.92 Å². The van der Waals surface area contributed by atoms with Crippen molar-refractivity contribution in [2.75, 3.05) is 53.6 Å². The Hall–Kier alpha value is -1.52. The van der Waals surface area contributed by atoms with Crippen LogP contribution in [0.25, 0.3) is 0 Å². The second-order valence-electron chi connectivity index (χ2n) is 8.03. The smallest absolute Gasteiger partial charge is 0.407 e. The Balaban J connectivity index is 1.20. The first-order chi connectivity index (χ1) is 14.6. The van der Waals surface area contributed by atoms with Gasteiger partial charge >= 0.3 is 6.09 Å². The number of likely N-dealkylation sites (N-methyl/N-ethyl adjacent to an activating group) is 1. The van der Waals surface area contributed by atoms with Crippen molar-refractivity contribution < 1.29 is 23.7 Å². The summed E-state index contributed by atoms with van der Waals surface area (Å²) in [7, 11) is 3.81. The molecule has 4 rings (SSSR count). The van der Waals surface area contributed by atoms with Crippen molar-refractivity contribution in [2.45, 2.75) is 36.2 Å². The van der Waals surface area contributed by atoms with Crippen LogP contribution in [0.2, 0.25) is 0 Å². The molecule has 0 unspecified atom stereocenters. The number of rotatable bonds is 9. The number of nitrogens with zero attached hydrogens (tertiary/aromatic N) is 2. The molecule has 3 heterocycles. The minimum atomic E-state index is -0.367. The molecule has 0 bridgehead atoms. The fourth-order valence-electron chi connectivity index (χ4n) is 4.07. The van der Waals surface area contributed by atoms with E-state index in [0.717, 1.165) is 38.2 Å². The summed E-state index contributed by atoms with van der Waals surface area (Å²) in [6.07, 6.45) is 0.969. The van der Waals surface area contributed by atoms with Gasteiger partial charge in [0.15, 0.2) is 6.29 Å². The van der Waals surface area contributed by atoms with Crippen molar-refractivity contribution in [1.82, 2.24) is 14.5 Å². The van der Waals surface area contributed by atoms with Gasteiger partial charge in [-0.3, -0.25) is 0 Å². The minimum absolute atomic E-state index is 0.169. The lowest BCUT2D eigenvalue weighted by atomic mass is 10.0. The summed E-state index contributed by atoms with van der Waals surface area (Å²) in [6, 6.07) is 8.65. The van der Waals surface area contributed by atoms with Gasteiger partial charge in [-0.05, 0) is 56.1 Å². The van der Waals surface area contributed by atoms with Gasteiger partial charge in [0.25, 0.3) is 0 Å². The number of likely N-dealkylation sites (tertiary alicyclic amines) is 1. The monoisotopic (exact) mass is 437 g/mol. The fraction of sp³-hybridized carbons (Fsp3) is 0.667. The molecule has 166 valence electrons. The molecule has 30 heavy (non-hydrogen) atoms. The van der Waals surface area contributed by atoms with Gasteiger partial charge in [0.2, 0.25) is 0 Å². The van der Waals surface area contributed by atoms with E-state index in [2.05, 4.69) is 33.7 Å². The van der Waals surface area contributed by atoms with Crippen LogP contribution in [-0.2, 0) is 14.2 Å². The van der Waals surface area contributed by atoms with E-state index in [0.29, 0.717) is 25.8 Å². The molecule has 9 heteroatoms. The van der Waals surface area contributed by atoms with E-state index in [1.54, 1.807) is 19.1 Å². The quantitative estimate of drug-likeness (QED) is 0.466. The number of benzene rings is 1. The van der Waals surface area contributed by atoms with Gasteiger partial charge in [0.1, 0.15) is 11.9 Å². The number of alkyl carbamates (subject to hydrolysis) is 1. The lowest BCUT2D eigenvalue weighted by Crippen LogP contribution is -2.55. The van der Waals surface area contributed by atoms with E-state index in [4.69, 9.17) is 18.9 Å². The van der Waals surface area contributed by atoms with Crippen LogP contribution in [0.4, 0.5) is 4.79 Å². The molecule has 0 radical (unpaired) electrons. The summed E-state index contributed by atoms with van der Waals surface area (Å²) in [5, 5.41) is 2.89. The Bertz CT molecular complexity index is 700. The Morgan fingerprint density at radius 3 is 2.83 bits per heavy atom. The normalized spacial score (nSPS) is 26.4. The van der Waals surface area contributed by atoms with Crippen molar-refractivity contribution in [3.05, 3.63) is 24.3 Å². The highest BCUT2D eigenvalue weighted by atomic mass is 32.2. The molecular formula is C21H31N3O5S. The molecule has 0 aliphatic carbocycles. The van der Waals surface area contributed by atoms with Gasteiger partial charge in [0, 0.05) is 37.1 Å². The fourth-order valence-corrected chi connectivity index (χ4v) is 5.11. The van der Waals surface area contributed by atoms with Crippen LogP contribution in [0.15, 0.2) is 29.2 Å². The van der Waals surface area contributed by atoms with Gasteiger partial charge < -0.3 is 29.2 Å². The SMILES string of the molecule is COc1ccc(SN(CCCNC(=O)O[C@@H]2CO[C@@H]3OCC[C@@H]32)C2CN(C)C2)cc1. The second kappa shape index (κ2) is 10.2. The second-order valence-corrected chi connectivity index (χ2v) is 9.15. The van der Waals surface area contributed by atoms with Crippen molar-refractivity contribution in [1.29, 1.82) is 0 Å². The first-order valence-electron chi connectivity index (χ1n) is 10.6. The van der Waals surface area contributed by atoms with Gasteiger partial charge in [-0.1, -0.05) is 0 Å². The van der Waals surface area contributed by atoms with Crippen LogP contribution in [0.1, 0.15) is 12.8 Å². The van der Waals surface area contributed by atoms with Crippen LogP contribution in [-0.4, -0.2) is 87.3 Å². The molecule has 3 fully saturated rings. The maximum absolute atomic E-state index is 12.2. The zero-order chi connectivity index (χ0) is 20.9. The molecule has 1 amide bonds. The zero-order valence-electron chi connectivity index (χ0n) is 17.6. The summed E-state index contributed by atoms with van der Waals surface area (Å²) in [5.74, 6) is 1.03. The van der Waals surface area contributed by atoms with E-state index in [1.807, 2.05) is 12.1 Å². The maximum Gasteiger partial charge on any atom is 0.407 e. The zero-order valence-corrected chi connectivity index (χ0v) is 18.4. The number of carbonyl (C=O) groups excluding carboxylic acids is 1. The molecule has 8 nitrogen and oxygen atoms in total. The van der Waals surface area contributed by atoms with Crippen molar-refractivity contribution in [3.63, 3.8) is 0 Å². The molecule has 1 N–H and O–H groups in total. The predicted molar refractivity (Wildman–Crippen MR) is 114 cm³/mol. The highest BCUT2D eigenvalue weighted by Gasteiger charge is 2.43. The van der Waals surface area contributed by atoms with Crippen LogP contribution in [0.5, 0.6) is 5.75 Å². The first-order valence-corrected chi connectivity index (χ1v) is 11.3. The third-order valence-electron chi connectivity index (χ3n) is 5.80. The first kappa shape index (κ1) is 21.7. The average molecular weight is 438 g/mol. The van der Waals surface area contributed by atoms with Crippen LogP contribution >= 0.6 is 11.9 Å². The Morgan fingerprint density at radius 1 is 1.30 bits per heavy atom. The van der Waals surface area contributed by atoms with Gasteiger partial charge in [-0.15, -0.1) is 0 Å². The summed E-state index contributed by atoms with van der Waals surface area (Å²) in [5.41, 5.74) is 0. The molecule has 1 aromatic rings. The Kier molecular flexibility index (Phi) is 7.37.